The van der Waals surface area contributed by atoms with Crippen molar-refractivity contribution in [3.05, 3.63) is 64.3 Å². The number of carbonyl (C=O) groups is 2. The molecule has 0 aromatic heterocycles. The van der Waals surface area contributed by atoms with Crippen molar-refractivity contribution < 1.29 is 19.4 Å². The molecule has 0 fully saturated rings. The van der Waals surface area contributed by atoms with Gasteiger partial charge in [0.2, 0.25) is 0 Å². The van der Waals surface area contributed by atoms with Crippen LogP contribution in [0.4, 0.5) is 10.5 Å². The number of rotatable bonds is 4. The molecule has 0 aliphatic carbocycles. The Morgan fingerprint density at radius 1 is 1.22 bits per heavy atom. The molecule has 0 bridgehead atoms. The summed E-state index contributed by atoms with van der Waals surface area (Å²) in [5.41, 5.74) is 1.95. The smallest absolute Gasteiger partial charge is 0.319 e. The molecule has 8 heteroatoms. The van der Waals surface area contributed by atoms with E-state index in [1.165, 1.54) is 13.2 Å². The quantitative estimate of drug-likeness (QED) is 0.646. The maximum absolute atomic E-state index is 12.9. The number of phenolic OH excluding ortho intramolecular Hbond substituents is 1. The van der Waals surface area contributed by atoms with Gasteiger partial charge in [0.25, 0.3) is 5.91 Å². The Kier molecular flexibility index (Phi) is 5.23. The molecule has 7 nitrogen and oxygen atoms in total. The predicted molar refractivity (Wildman–Crippen MR) is 102 cm³/mol. The minimum absolute atomic E-state index is 0.0330. The Balaban J connectivity index is 1.96. The average molecular weight is 388 g/mol. The van der Waals surface area contributed by atoms with Crippen LogP contribution in [0.5, 0.6) is 11.5 Å². The maximum Gasteiger partial charge on any atom is 0.319 e. The second-order valence-electron chi connectivity index (χ2n) is 5.96. The first kappa shape index (κ1) is 18.6. The zero-order valence-electron chi connectivity index (χ0n) is 14.7. The summed E-state index contributed by atoms with van der Waals surface area (Å²) in [5.74, 6) is -0.163. The van der Waals surface area contributed by atoms with Gasteiger partial charge >= 0.3 is 6.03 Å². The molecule has 27 heavy (non-hydrogen) atoms. The highest BCUT2D eigenvalue weighted by Gasteiger charge is 2.31. The van der Waals surface area contributed by atoms with Gasteiger partial charge in [-0.15, -0.1) is 0 Å². The lowest BCUT2D eigenvalue weighted by molar-refractivity contribution is -0.113. The third-order valence-corrected chi connectivity index (χ3v) is 4.40. The van der Waals surface area contributed by atoms with E-state index >= 15 is 0 Å². The second-order valence-corrected chi connectivity index (χ2v) is 6.40. The molecule has 1 aliphatic heterocycles. The van der Waals surface area contributed by atoms with Crippen LogP contribution in [0.1, 0.15) is 18.5 Å². The van der Waals surface area contributed by atoms with E-state index in [0.717, 1.165) is 0 Å². The van der Waals surface area contributed by atoms with Crippen LogP contribution < -0.4 is 20.7 Å². The number of benzene rings is 2. The minimum atomic E-state index is -0.708. The number of carbonyl (C=O) groups excluding carboxylic acids is 2. The minimum Gasteiger partial charge on any atom is -0.504 e. The van der Waals surface area contributed by atoms with Crippen LogP contribution in [0.2, 0.25) is 5.02 Å². The van der Waals surface area contributed by atoms with Crippen LogP contribution in [0.25, 0.3) is 0 Å². The molecule has 1 heterocycles. The zero-order chi connectivity index (χ0) is 19.6. The fraction of sp³-hybridized carbons (Fsp3) is 0.158. The Labute approximate surface area is 161 Å². The molecule has 0 spiro atoms. The zero-order valence-corrected chi connectivity index (χ0v) is 15.4. The van der Waals surface area contributed by atoms with E-state index in [9.17, 15) is 14.7 Å². The topological polar surface area (TPSA) is 99.7 Å². The Hall–Kier alpha value is -3.19. The van der Waals surface area contributed by atoms with Crippen LogP contribution in [0, 0.1) is 0 Å². The lowest BCUT2D eigenvalue weighted by atomic mass is 9.94. The van der Waals surface area contributed by atoms with Gasteiger partial charge in [-0.05, 0) is 48.9 Å². The molecule has 3 rings (SSSR count). The summed E-state index contributed by atoms with van der Waals surface area (Å²) in [4.78, 5) is 24.9. The van der Waals surface area contributed by atoms with E-state index in [1.54, 1.807) is 43.3 Å². The standard InChI is InChI=1S/C19H18ClN3O4/c1-10-16(18(25)22-13-6-4-12(20)5-7-13)17(23-19(26)21-10)11-3-8-14(24)15(9-11)27-2/h3-9,17,24H,1-2H3,(H,22,25)(H2,21,23,26). The molecular weight excluding hydrogens is 370 g/mol. The van der Waals surface area contributed by atoms with Gasteiger partial charge in [-0.2, -0.15) is 0 Å². The number of halogens is 1. The number of anilines is 1. The number of amides is 3. The van der Waals surface area contributed by atoms with Crippen molar-refractivity contribution in [3.63, 3.8) is 0 Å². The highest BCUT2D eigenvalue weighted by atomic mass is 35.5. The van der Waals surface area contributed by atoms with Gasteiger partial charge in [0.05, 0.1) is 18.7 Å². The highest BCUT2D eigenvalue weighted by molar-refractivity contribution is 6.30. The summed E-state index contributed by atoms with van der Waals surface area (Å²) in [5, 5.41) is 18.5. The van der Waals surface area contributed by atoms with Gasteiger partial charge < -0.3 is 25.8 Å². The lowest BCUT2D eigenvalue weighted by Gasteiger charge is -2.29. The van der Waals surface area contributed by atoms with E-state index in [2.05, 4.69) is 16.0 Å². The van der Waals surface area contributed by atoms with Crippen molar-refractivity contribution in [2.24, 2.45) is 0 Å². The number of hydrogen-bond donors (Lipinski definition) is 4. The van der Waals surface area contributed by atoms with Crippen LogP contribution >= 0.6 is 11.6 Å². The molecule has 0 radical (unpaired) electrons. The molecule has 3 amide bonds. The second kappa shape index (κ2) is 7.59. The summed E-state index contributed by atoms with van der Waals surface area (Å²) >= 11 is 5.87. The third kappa shape index (κ3) is 3.98. The summed E-state index contributed by atoms with van der Waals surface area (Å²) < 4.78 is 5.13. The molecule has 2 aromatic carbocycles. The van der Waals surface area contributed by atoms with Gasteiger partial charge in [0, 0.05) is 16.4 Å². The van der Waals surface area contributed by atoms with Gasteiger partial charge in [0.15, 0.2) is 11.5 Å². The molecule has 140 valence electrons. The van der Waals surface area contributed by atoms with E-state index in [0.29, 0.717) is 27.5 Å². The fourth-order valence-electron chi connectivity index (χ4n) is 2.85. The van der Waals surface area contributed by atoms with Crippen molar-refractivity contribution in [3.8, 4) is 11.5 Å². The first-order valence-electron chi connectivity index (χ1n) is 8.11. The fourth-order valence-corrected chi connectivity index (χ4v) is 2.98. The summed E-state index contributed by atoms with van der Waals surface area (Å²) in [7, 11) is 1.43. The number of phenols is 1. The molecule has 0 saturated heterocycles. The highest BCUT2D eigenvalue weighted by Crippen LogP contribution is 2.33. The summed E-state index contributed by atoms with van der Waals surface area (Å²) in [6, 6.07) is 10.2. The number of hydrogen-bond acceptors (Lipinski definition) is 4. The molecule has 1 aliphatic rings. The molecule has 0 saturated carbocycles. The monoisotopic (exact) mass is 387 g/mol. The van der Waals surface area contributed by atoms with Gasteiger partial charge in [-0.25, -0.2) is 4.79 Å². The first-order valence-corrected chi connectivity index (χ1v) is 8.49. The predicted octanol–water partition coefficient (Wildman–Crippen LogP) is 3.32. The molecule has 1 atom stereocenters. The van der Waals surface area contributed by atoms with Crippen molar-refractivity contribution in [2.45, 2.75) is 13.0 Å². The van der Waals surface area contributed by atoms with Gasteiger partial charge in [0.1, 0.15) is 0 Å². The number of ether oxygens (including phenoxy) is 1. The number of nitrogens with one attached hydrogen (secondary N) is 3. The van der Waals surface area contributed by atoms with E-state index in [1.807, 2.05) is 0 Å². The number of urea groups is 1. The van der Waals surface area contributed by atoms with Gasteiger partial charge in [-0.1, -0.05) is 17.7 Å². The van der Waals surface area contributed by atoms with Crippen LogP contribution in [0.15, 0.2) is 53.7 Å². The molecular formula is C19H18ClN3O4. The van der Waals surface area contributed by atoms with E-state index < -0.39 is 12.1 Å². The van der Waals surface area contributed by atoms with Crippen molar-refractivity contribution in [1.29, 1.82) is 0 Å². The van der Waals surface area contributed by atoms with Crippen molar-refractivity contribution in [1.82, 2.24) is 10.6 Å². The Morgan fingerprint density at radius 3 is 2.59 bits per heavy atom. The van der Waals surface area contributed by atoms with Crippen LogP contribution in [0.3, 0.4) is 0 Å². The normalized spacial score (nSPS) is 16.4. The summed E-state index contributed by atoms with van der Waals surface area (Å²) in [6.45, 7) is 1.65. The van der Waals surface area contributed by atoms with E-state index in [4.69, 9.17) is 16.3 Å². The maximum atomic E-state index is 12.9. The van der Waals surface area contributed by atoms with E-state index in [-0.39, 0.29) is 17.4 Å². The number of methoxy groups -OCH3 is 1. The Morgan fingerprint density at radius 2 is 1.93 bits per heavy atom. The van der Waals surface area contributed by atoms with Crippen LogP contribution in [-0.4, -0.2) is 24.2 Å². The van der Waals surface area contributed by atoms with Gasteiger partial charge in [-0.3, -0.25) is 4.79 Å². The first-order chi connectivity index (χ1) is 12.9. The third-order valence-electron chi connectivity index (χ3n) is 4.15. The summed E-state index contributed by atoms with van der Waals surface area (Å²) in [6.07, 6.45) is 0. The number of allylic oxidation sites excluding steroid dienone is 1. The molecule has 1 unspecified atom stereocenters. The molecule has 2 aromatic rings. The molecule has 4 N–H and O–H groups in total. The Bertz CT molecular complexity index is 925. The SMILES string of the molecule is COc1cc(C2NC(=O)NC(C)=C2C(=O)Nc2ccc(Cl)cc2)ccc1O. The van der Waals surface area contributed by atoms with Crippen LogP contribution in [-0.2, 0) is 4.79 Å². The van der Waals surface area contributed by atoms with Crippen molar-refractivity contribution in [2.75, 3.05) is 12.4 Å². The number of aromatic hydroxyl groups is 1. The lowest BCUT2D eigenvalue weighted by Crippen LogP contribution is -2.45. The van der Waals surface area contributed by atoms with Crippen molar-refractivity contribution >= 4 is 29.2 Å². The average Bonchev–Trinajstić information content (AvgIpc) is 2.63. The largest absolute Gasteiger partial charge is 0.504 e.